The van der Waals surface area contributed by atoms with Crippen LogP contribution in [0, 0.1) is 0 Å². The zero-order valence-electron chi connectivity index (χ0n) is 17.0. The van der Waals surface area contributed by atoms with Crippen molar-refractivity contribution in [3.8, 4) is 0 Å². The summed E-state index contributed by atoms with van der Waals surface area (Å²) in [5.41, 5.74) is 1.05. The molecule has 1 fully saturated rings. The maximum atomic E-state index is 12.2. The smallest absolute Gasteiger partial charge is 0.317 e. The Labute approximate surface area is 170 Å². The summed E-state index contributed by atoms with van der Waals surface area (Å²) in [6.07, 6.45) is 2.17. The molecule has 1 saturated heterocycles. The van der Waals surface area contributed by atoms with Gasteiger partial charge in [-0.05, 0) is 31.5 Å². The van der Waals surface area contributed by atoms with Crippen molar-refractivity contribution in [2.45, 2.75) is 31.7 Å². The van der Waals surface area contributed by atoms with Crippen molar-refractivity contribution in [1.82, 2.24) is 30.3 Å². The number of anilines is 1. The molecule has 0 bridgehead atoms. The number of nitrogens with one attached hydrogen (secondary N) is 3. The summed E-state index contributed by atoms with van der Waals surface area (Å²) in [6.45, 7) is 2.69. The second kappa shape index (κ2) is 10.0. The van der Waals surface area contributed by atoms with Gasteiger partial charge in [0.2, 0.25) is 11.9 Å². The Morgan fingerprint density at radius 3 is 2.69 bits per heavy atom. The minimum Gasteiger partial charge on any atom is -0.337 e. The van der Waals surface area contributed by atoms with Gasteiger partial charge in [-0.15, -0.1) is 0 Å². The van der Waals surface area contributed by atoms with Gasteiger partial charge in [-0.1, -0.05) is 30.3 Å². The lowest BCUT2D eigenvalue weighted by Crippen LogP contribution is -2.38. The van der Waals surface area contributed by atoms with Crippen LogP contribution in [-0.4, -0.2) is 58.3 Å². The molecule has 0 unspecified atom stereocenters. The molecule has 9 nitrogen and oxygen atoms in total. The lowest BCUT2D eigenvalue weighted by atomic mass is 9.98. The second-order valence-electron chi connectivity index (χ2n) is 7.31. The largest absolute Gasteiger partial charge is 0.337 e. The fraction of sp³-hybridized carbons (Fsp3) is 0.500. The SMILES string of the molecule is CN(Cc1ccccc1)C(=O)NCCC(=O)Nc1nc(C2CCNCC2)nn1C. The number of piperidine rings is 1. The molecule has 29 heavy (non-hydrogen) atoms. The van der Waals surface area contributed by atoms with Gasteiger partial charge in [0.15, 0.2) is 5.82 Å². The third-order valence-corrected chi connectivity index (χ3v) is 4.97. The van der Waals surface area contributed by atoms with E-state index < -0.39 is 0 Å². The molecule has 2 heterocycles. The van der Waals surface area contributed by atoms with E-state index in [1.54, 1.807) is 23.7 Å². The molecule has 9 heteroatoms. The molecule has 1 aromatic heterocycles. The molecule has 3 rings (SSSR count). The van der Waals surface area contributed by atoms with Crippen LogP contribution in [0.4, 0.5) is 10.7 Å². The second-order valence-corrected chi connectivity index (χ2v) is 7.31. The highest BCUT2D eigenvalue weighted by atomic mass is 16.2. The number of benzene rings is 1. The summed E-state index contributed by atoms with van der Waals surface area (Å²) in [4.78, 5) is 30.5. The Morgan fingerprint density at radius 2 is 1.97 bits per heavy atom. The Bertz CT molecular complexity index is 815. The molecular weight excluding hydrogens is 370 g/mol. The van der Waals surface area contributed by atoms with Gasteiger partial charge in [0.25, 0.3) is 0 Å². The van der Waals surface area contributed by atoms with Crippen LogP contribution in [0.2, 0.25) is 0 Å². The molecule has 1 aliphatic heterocycles. The molecule has 3 N–H and O–H groups in total. The van der Waals surface area contributed by atoms with Gasteiger partial charge >= 0.3 is 6.03 Å². The van der Waals surface area contributed by atoms with Crippen molar-refractivity contribution in [3.63, 3.8) is 0 Å². The number of carbonyl (C=O) groups excluding carboxylic acids is 2. The van der Waals surface area contributed by atoms with E-state index in [2.05, 4.69) is 26.0 Å². The van der Waals surface area contributed by atoms with Crippen LogP contribution in [0.3, 0.4) is 0 Å². The number of urea groups is 1. The van der Waals surface area contributed by atoms with E-state index in [0.717, 1.165) is 37.3 Å². The number of nitrogens with zero attached hydrogens (tertiary/aromatic N) is 4. The number of aromatic nitrogens is 3. The zero-order chi connectivity index (χ0) is 20.6. The maximum absolute atomic E-state index is 12.2. The standard InChI is InChI=1S/C20H29N7O2/c1-26(14-15-6-4-3-5-7-15)20(29)22-13-10-17(28)23-19-24-18(25-27(19)2)16-8-11-21-12-9-16/h3-7,16,21H,8-14H2,1-2H3,(H,22,29)(H,23,24,25,28). The maximum Gasteiger partial charge on any atom is 0.317 e. The highest BCUT2D eigenvalue weighted by molar-refractivity contribution is 5.89. The van der Waals surface area contributed by atoms with E-state index >= 15 is 0 Å². The summed E-state index contributed by atoms with van der Waals surface area (Å²) >= 11 is 0. The lowest BCUT2D eigenvalue weighted by molar-refractivity contribution is -0.116. The van der Waals surface area contributed by atoms with Crippen molar-refractivity contribution < 1.29 is 9.59 Å². The van der Waals surface area contributed by atoms with Gasteiger partial charge in [-0.2, -0.15) is 10.1 Å². The highest BCUT2D eigenvalue weighted by Crippen LogP contribution is 2.23. The molecule has 0 radical (unpaired) electrons. The first-order chi connectivity index (χ1) is 14.0. The van der Waals surface area contributed by atoms with Gasteiger partial charge in [-0.25, -0.2) is 9.48 Å². The molecule has 0 spiro atoms. The Kier molecular flexibility index (Phi) is 7.18. The van der Waals surface area contributed by atoms with Crippen molar-refractivity contribution in [2.75, 3.05) is 32.0 Å². The van der Waals surface area contributed by atoms with Gasteiger partial charge in [-0.3, -0.25) is 10.1 Å². The number of hydrogen-bond acceptors (Lipinski definition) is 5. The summed E-state index contributed by atoms with van der Waals surface area (Å²) in [7, 11) is 3.50. The Hall–Kier alpha value is -2.94. The van der Waals surface area contributed by atoms with E-state index in [1.807, 2.05) is 30.3 Å². The fourth-order valence-electron chi connectivity index (χ4n) is 3.30. The number of rotatable bonds is 7. The van der Waals surface area contributed by atoms with Gasteiger partial charge < -0.3 is 15.5 Å². The molecule has 2 aromatic rings. The number of hydrogen-bond donors (Lipinski definition) is 3. The summed E-state index contributed by atoms with van der Waals surface area (Å²) in [5, 5.41) is 13.3. The minimum atomic E-state index is -0.214. The molecule has 3 amide bonds. The topological polar surface area (TPSA) is 104 Å². The van der Waals surface area contributed by atoms with E-state index in [4.69, 9.17) is 0 Å². The summed E-state index contributed by atoms with van der Waals surface area (Å²) in [6, 6.07) is 9.54. The Balaban J connectivity index is 1.41. The molecule has 0 atom stereocenters. The quantitative estimate of drug-likeness (QED) is 0.654. The number of aryl methyl sites for hydroxylation is 1. The van der Waals surface area contributed by atoms with Gasteiger partial charge in [0.1, 0.15) is 0 Å². The van der Waals surface area contributed by atoms with E-state index in [0.29, 0.717) is 18.4 Å². The van der Waals surface area contributed by atoms with Crippen LogP contribution in [0.1, 0.15) is 36.6 Å². The molecule has 1 aromatic carbocycles. The normalized spacial score (nSPS) is 14.4. The molecule has 0 saturated carbocycles. The molecule has 0 aliphatic carbocycles. The van der Waals surface area contributed by atoms with E-state index in [9.17, 15) is 9.59 Å². The molecule has 156 valence electrons. The minimum absolute atomic E-state index is 0.167. The van der Waals surface area contributed by atoms with Crippen LogP contribution < -0.4 is 16.0 Å². The van der Waals surface area contributed by atoms with Crippen molar-refractivity contribution in [1.29, 1.82) is 0 Å². The van der Waals surface area contributed by atoms with E-state index in [1.165, 1.54) is 0 Å². The Morgan fingerprint density at radius 1 is 1.24 bits per heavy atom. The van der Waals surface area contributed by atoms with Gasteiger partial charge in [0.05, 0.1) is 0 Å². The zero-order valence-corrected chi connectivity index (χ0v) is 17.0. The first kappa shape index (κ1) is 20.8. The van der Waals surface area contributed by atoms with Crippen molar-refractivity contribution in [3.05, 3.63) is 41.7 Å². The predicted molar refractivity (Wildman–Crippen MR) is 110 cm³/mol. The van der Waals surface area contributed by atoms with Crippen molar-refractivity contribution >= 4 is 17.9 Å². The molecular formula is C20H29N7O2. The first-order valence-electron chi connectivity index (χ1n) is 9.97. The van der Waals surface area contributed by atoms with Gasteiger partial charge in [0, 0.05) is 39.5 Å². The van der Waals surface area contributed by atoms with Crippen LogP contribution >= 0.6 is 0 Å². The molecule has 1 aliphatic rings. The summed E-state index contributed by atoms with van der Waals surface area (Å²) in [5.74, 6) is 1.34. The van der Waals surface area contributed by atoms with Crippen LogP contribution in [0.5, 0.6) is 0 Å². The monoisotopic (exact) mass is 399 g/mol. The third-order valence-electron chi connectivity index (χ3n) is 4.97. The predicted octanol–water partition coefficient (Wildman–Crippen LogP) is 1.45. The van der Waals surface area contributed by atoms with Crippen LogP contribution in [0.25, 0.3) is 0 Å². The third kappa shape index (κ3) is 6.02. The number of amides is 3. The van der Waals surface area contributed by atoms with Crippen molar-refractivity contribution in [2.24, 2.45) is 7.05 Å². The highest BCUT2D eigenvalue weighted by Gasteiger charge is 2.21. The van der Waals surface area contributed by atoms with E-state index in [-0.39, 0.29) is 24.9 Å². The fourth-order valence-corrected chi connectivity index (χ4v) is 3.30. The first-order valence-corrected chi connectivity index (χ1v) is 9.97. The van der Waals surface area contributed by atoms with Crippen LogP contribution in [-0.2, 0) is 18.4 Å². The average molecular weight is 399 g/mol. The van der Waals surface area contributed by atoms with Crippen LogP contribution in [0.15, 0.2) is 30.3 Å². The average Bonchev–Trinajstić information content (AvgIpc) is 3.09. The lowest BCUT2D eigenvalue weighted by Gasteiger charge is -2.19. The number of carbonyl (C=O) groups is 2. The summed E-state index contributed by atoms with van der Waals surface area (Å²) < 4.78 is 1.60.